The summed E-state index contributed by atoms with van der Waals surface area (Å²) in [6.45, 7) is 9.93. The minimum Gasteiger partial charge on any atom is -0.342 e. The molecular formula is C19H31N3O2. The Morgan fingerprint density at radius 2 is 1.50 bits per heavy atom. The highest BCUT2D eigenvalue weighted by atomic mass is 16.2. The van der Waals surface area contributed by atoms with E-state index >= 15 is 0 Å². The van der Waals surface area contributed by atoms with Crippen LogP contribution in [0.1, 0.15) is 38.8 Å². The summed E-state index contributed by atoms with van der Waals surface area (Å²) in [5, 5.41) is 3.04. The number of likely N-dealkylation sites (N-methyl/N-ethyl adjacent to an activating group) is 2. The first-order valence-corrected chi connectivity index (χ1v) is 8.83. The number of anilines is 1. The third-order valence-corrected chi connectivity index (χ3v) is 4.20. The van der Waals surface area contributed by atoms with Gasteiger partial charge in [0.1, 0.15) is 0 Å². The summed E-state index contributed by atoms with van der Waals surface area (Å²) in [5.74, 6) is -0.0287. The average molecular weight is 333 g/mol. The van der Waals surface area contributed by atoms with E-state index in [1.807, 2.05) is 32.0 Å². The molecule has 0 spiro atoms. The predicted molar refractivity (Wildman–Crippen MR) is 99.3 cm³/mol. The Hall–Kier alpha value is -1.88. The maximum atomic E-state index is 12.4. The fraction of sp³-hybridized carbons (Fsp3) is 0.579. The Bertz CT molecular complexity index is 531. The molecule has 0 saturated heterocycles. The molecule has 0 heterocycles. The second kappa shape index (κ2) is 10.1. The van der Waals surface area contributed by atoms with E-state index in [0.717, 1.165) is 29.7 Å². The Balaban J connectivity index is 2.68. The summed E-state index contributed by atoms with van der Waals surface area (Å²) >= 11 is 0. The molecule has 0 unspecified atom stereocenters. The van der Waals surface area contributed by atoms with E-state index in [1.165, 1.54) is 0 Å². The molecule has 5 heteroatoms. The SMILES string of the molecule is CCc1cccc(CC)c1NC(=O)CN(C)CC(=O)N(CC)CC. The number of hydrogen-bond acceptors (Lipinski definition) is 3. The summed E-state index contributed by atoms with van der Waals surface area (Å²) in [6, 6.07) is 6.12. The highest BCUT2D eigenvalue weighted by molar-refractivity contribution is 5.94. The van der Waals surface area contributed by atoms with E-state index in [-0.39, 0.29) is 24.9 Å². The van der Waals surface area contributed by atoms with Gasteiger partial charge in [0.25, 0.3) is 0 Å². The lowest BCUT2D eigenvalue weighted by Gasteiger charge is -2.23. The van der Waals surface area contributed by atoms with Gasteiger partial charge in [-0.15, -0.1) is 0 Å². The molecule has 1 N–H and O–H groups in total. The monoisotopic (exact) mass is 333 g/mol. The fourth-order valence-electron chi connectivity index (χ4n) is 2.79. The number of carbonyl (C=O) groups excluding carboxylic acids is 2. The molecule has 24 heavy (non-hydrogen) atoms. The highest BCUT2D eigenvalue weighted by Gasteiger charge is 2.16. The van der Waals surface area contributed by atoms with Crippen LogP contribution in [0.25, 0.3) is 0 Å². The second-order valence-corrected chi connectivity index (χ2v) is 5.94. The number of benzene rings is 1. The van der Waals surface area contributed by atoms with Crippen LogP contribution in [0, 0.1) is 0 Å². The molecule has 0 aliphatic carbocycles. The molecule has 0 fully saturated rings. The molecule has 1 aromatic carbocycles. The van der Waals surface area contributed by atoms with Gasteiger partial charge in [0.05, 0.1) is 13.1 Å². The molecule has 1 rings (SSSR count). The van der Waals surface area contributed by atoms with Crippen molar-refractivity contribution in [1.82, 2.24) is 9.80 Å². The van der Waals surface area contributed by atoms with Crippen LogP contribution in [-0.4, -0.2) is 54.8 Å². The van der Waals surface area contributed by atoms with Gasteiger partial charge in [-0.2, -0.15) is 0 Å². The van der Waals surface area contributed by atoms with Gasteiger partial charge in [0, 0.05) is 18.8 Å². The minimum absolute atomic E-state index is 0.0542. The predicted octanol–water partition coefficient (Wildman–Crippen LogP) is 2.55. The van der Waals surface area contributed by atoms with E-state index in [0.29, 0.717) is 13.1 Å². The molecule has 0 saturated carbocycles. The number of nitrogens with one attached hydrogen (secondary N) is 1. The van der Waals surface area contributed by atoms with Crippen LogP contribution in [-0.2, 0) is 22.4 Å². The van der Waals surface area contributed by atoms with Crippen molar-refractivity contribution in [2.75, 3.05) is 38.5 Å². The number of carbonyl (C=O) groups is 2. The maximum absolute atomic E-state index is 12.4. The number of amides is 2. The first kappa shape index (κ1) is 20.2. The Labute approximate surface area is 146 Å². The van der Waals surface area contributed by atoms with Crippen molar-refractivity contribution >= 4 is 17.5 Å². The maximum Gasteiger partial charge on any atom is 0.238 e. The van der Waals surface area contributed by atoms with Crippen LogP contribution in [0.15, 0.2) is 18.2 Å². The zero-order valence-electron chi connectivity index (χ0n) is 15.7. The van der Waals surface area contributed by atoms with Crippen molar-refractivity contribution in [2.24, 2.45) is 0 Å². The van der Waals surface area contributed by atoms with E-state index < -0.39 is 0 Å². The lowest BCUT2D eigenvalue weighted by Crippen LogP contribution is -2.41. The summed E-state index contributed by atoms with van der Waals surface area (Å²) in [5.41, 5.74) is 3.21. The standard InChI is InChI=1S/C19H31N3O2/c1-6-15-11-10-12-16(7-2)19(15)20-17(23)13-21(5)14-18(24)22(8-3)9-4/h10-12H,6-9,13-14H2,1-5H3,(H,20,23). The number of rotatable bonds is 9. The molecule has 0 radical (unpaired) electrons. The molecule has 134 valence electrons. The molecular weight excluding hydrogens is 302 g/mol. The zero-order valence-corrected chi connectivity index (χ0v) is 15.7. The Kier molecular flexibility index (Phi) is 8.47. The zero-order chi connectivity index (χ0) is 18.1. The van der Waals surface area contributed by atoms with Crippen LogP contribution in [0.3, 0.4) is 0 Å². The van der Waals surface area contributed by atoms with Crippen LogP contribution in [0.4, 0.5) is 5.69 Å². The summed E-state index contributed by atoms with van der Waals surface area (Å²) < 4.78 is 0. The first-order chi connectivity index (χ1) is 11.5. The quantitative estimate of drug-likeness (QED) is 0.755. The van der Waals surface area contributed by atoms with E-state index in [9.17, 15) is 9.59 Å². The van der Waals surface area contributed by atoms with Gasteiger partial charge in [0.15, 0.2) is 0 Å². The summed E-state index contributed by atoms with van der Waals surface area (Å²) in [7, 11) is 1.80. The van der Waals surface area contributed by atoms with Gasteiger partial charge >= 0.3 is 0 Å². The normalized spacial score (nSPS) is 10.8. The smallest absolute Gasteiger partial charge is 0.238 e. The van der Waals surface area contributed by atoms with Crippen LogP contribution < -0.4 is 5.32 Å². The third-order valence-electron chi connectivity index (χ3n) is 4.20. The Morgan fingerprint density at radius 1 is 0.958 bits per heavy atom. The molecule has 0 aromatic heterocycles. The fourth-order valence-corrected chi connectivity index (χ4v) is 2.79. The molecule has 0 atom stereocenters. The van der Waals surface area contributed by atoms with Crippen molar-refractivity contribution < 1.29 is 9.59 Å². The molecule has 0 aliphatic heterocycles. The lowest BCUT2D eigenvalue weighted by molar-refractivity contribution is -0.132. The van der Waals surface area contributed by atoms with Crippen LogP contribution >= 0.6 is 0 Å². The number of hydrogen-bond donors (Lipinski definition) is 1. The second-order valence-electron chi connectivity index (χ2n) is 5.94. The van der Waals surface area contributed by atoms with E-state index in [1.54, 1.807) is 16.8 Å². The Morgan fingerprint density at radius 3 is 1.96 bits per heavy atom. The van der Waals surface area contributed by atoms with Crippen molar-refractivity contribution in [1.29, 1.82) is 0 Å². The minimum atomic E-state index is -0.0829. The van der Waals surface area contributed by atoms with E-state index in [2.05, 4.69) is 19.2 Å². The first-order valence-electron chi connectivity index (χ1n) is 8.83. The van der Waals surface area contributed by atoms with Gasteiger partial charge in [0.2, 0.25) is 11.8 Å². The van der Waals surface area contributed by atoms with Gasteiger partial charge in [-0.3, -0.25) is 14.5 Å². The van der Waals surface area contributed by atoms with E-state index in [4.69, 9.17) is 0 Å². The van der Waals surface area contributed by atoms with Crippen LogP contribution in [0.2, 0.25) is 0 Å². The molecule has 0 bridgehead atoms. The van der Waals surface area contributed by atoms with Gasteiger partial charge in [-0.25, -0.2) is 0 Å². The summed E-state index contributed by atoms with van der Waals surface area (Å²) in [6.07, 6.45) is 1.75. The molecule has 5 nitrogen and oxygen atoms in total. The van der Waals surface area contributed by atoms with Crippen molar-refractivity contribution in [3.63, 3.8) is 0 Å². The van der Waals surface area contributed by atoms with Crippen molar-refractivity contribution in [3.05, 3.63) is 29.3 Å². The van der Waals surface area contributed by atoms with Crippen molar-refractivity contribution in [3.8, 4) is 0 Å². The summed E-state index contributed by atoms with van der Waals surface area (Å²) in [4.78, 5) is 28.0. The average Bonchev–Trinajstić information content (AvgIpc) is 2.55. The van der Waals surface area contributed by atoms with Gasteiger partial charge in [-0.1, -0.05) is 32.0 Å². The number of nitrogens with zero attached hydrogens (tertiary/aromatic N) is 2. The molecule has 1 aromatic rings. The highest BCUT2D eigenvalue weighted by Crippen LogP contribution is 2.22. The topological polar surface area (TPSA) is 52.7 Å². The van der Waals surface area contributed by atoms with Crippen molar-refractivity contribution in [2.45, 2.75) is 40.5 Å². The largest absolute Gasteiger partial charge is 0.342 e. The number of aryl methyl sites for hydroxylation is 2. The van der Waals surface area contributed by atoms with Gasteiger partial charge in [-0.05, 0) is 44.9 Å². The molecule has 2 amide bonds. The van der Waals surface area contributed by atoms with Gasteiger partial charge < -0.3 is 10.2 Å². The lowest BCUT2D eigenvalue weighted by atomic mass is 10.0. The molecule has 0 aliphatic rings. The third kappa shape index (κ3) is 5.64. The van der Waals surface area contributed by atoms with Crippen LogP contribution in [0.5, 0.6) is 0 Å². The number of para-hydroxylation sites is 1.